The van der Waals surface area contributed by atoms with Crippen LogP contribution in [0.4, 0.5) is 0 Å². The van der Waals surface area contributed by atoms with Crippen molar-refractivity contribution in [2.75, 3.05) is 39.8 Å². The van der Waals surface area contributed by atoms with Gasteiger partial charge in [-0.2, -0.15) is 0 Å². The first kappa shape index (κ1) is 17.4. The molecular weight excluding hydrogens is 294 g/mol. The van der Waals surface area contributed by atoms with E-state index in [4.69, 9.17) is 0 Å². The average molecular weight is 324 g/mol. The van der Waals surface area contributed by atoms with Crippen molar-refractivity contribution in [2.24, 2.45) is 5.92 Å². The predicted octanol–water partition coefficient (Wildman–Crippen LogP) is 2.59. The van der Waals surface area contributed by atoms with Gasteiger partial charge in [-0.15, -0.1) is 11.3 Å². The van der Waals surface area contributed by atoms with Crippen LogP contribution >= 0.6 is 11.3 Å². The van der Waals surface area contributed by atoms with Crippen LogP contribution in [-0.4, -0.2) is 55.5 Å². The lowest BCUT2D eigenvalue weighted by Crippen LogP contribution is -2.44. The Balaban J connectivity index is 1.91. The maximum absolute atomic E-state index is 12.1. The molecule has 2 atom stereocenters. The maximum Gasteiger partial charge on any atom is 0.234 e. The topological polar surface area (TPSA) is 35.6 Å². The van der Waals surface area contributed by atoms with Gasteiger partial charge in [-0.3, -0.25) is 14.6 Å². The Kier molecular flexibility index (Phi) is 6.86. The standard InChI is InChI=1S/C17H29N3OS/c1-4-20(5-2)13-16(21)18-12-14-8-6-10-19(3)17(14)15-9-7-11-22-15/h7,9,11,14,17H,4-6,8,10,12-13H2,1-3H3,(H,18,21)/t14-,17+/m0/s1. The number of thiophene rings is 1. The Bertz CT molecular complexity index is 445. The van der Waals surface area contributed by atoms with Crippen molar-refractivity contribution in [3.05, 3.63) is 22.4 Å². The fourth-order valence-electron chi connectivity index (χ4n) is 3.33. The molecule has 0 spiro atoms. The number of piperidine rings is 1. The van der Waals surface area contributed by atoms with Gasteiger partial charge in [-0.25, -0.2) is 0 Å². The van der Waals surface area contributed by atoms with Gasteiger partial charge in [0.15, 0.2) is 0 Å². The second-order valence-electron chi connectivity index (χ2n) is 6.11. The van der Waals surface area contributed by atoms with Gasteiger partial charge in [0.25, 0.3) is 0 Å². The first-order valence-corrected chi connectivity index (χ1v) is 9.26. The Morgan fingerprint density at radius 2 is 2.23 bits per heavy atom. The molecule has 1 aliphatic heterocycles. The molecule has 0 aromatic carbocycles. The predicted molar refractivity (Wildman–Crippen MR) is 93.2 cm³/mol. The average Bonchev–Trinajstić information content (AvgIpc) is 3.04. The quantitative estimate of drug-likeness (QED) is 0.838. The molecule has 1 aromatic rings. The third-order valence-corrected chi connectivity index (χ3v) is 5.61. The molecule has 0 radical (unpaired) electrons. The van der Waals surface area contributed by atoms with E-state index in [1.54, 1.807) is 0 Å². The van der Waals surface area contributed by atoms with Crippen molar-refractivity contribution < 1.29 is 4.79 Å². The lowest BCUT2D eigenvalue weighted by atomic mass is 9.88. The molecule has 0 bridgehead atoms. The highest BCUT2D eigenvalue weighted by Gasteiger charge is 2.31. The van der Waals surface area contributed by atoms with Crippen molar-refractivity contribution in [3.63, 3.8) is 0 Å². The second-order valence-corrected chi connectivity index (χ2v) is 7.09. The van der Waals surface area contributed by atoms with Gasteiger partial charge in [0.2, 0.25) is 5.91 Å². The van der Waals surface area contributed by atoms with Crippen LogP contribution in [0, 0.1) is 5.92 Å². The van der Waals surface area contributed by atoms with Crippen molar-refractivity contribution in [2.45, 2.75) is 32.7 Å². The van der Waals surface area contributed by atoms with E-state index in [0.717, 1.165) is 26.2 Å². The number of amides is 1. The lowest BCUT2D eigenvalue weighted by Gasteiger charge is -2.39. The zero-order valence-electron chi connectivity index (χ0n) is 14.0. The minimum Gasteiger partial charge on any atom is -0.355 e. The van der Waals surface area contributed by atoms with Crippen LogP contribution < -0.4 is 5.32 Å². The molecule has 1 saturated heterocycles. The normalized spacial score (nSPS) is 22.9. The van der Waals surface area contributed by atoms with Crippen LogP contribution in [0.1, 0.15) is 37.6 Å². The molecule has 4 nitrogen and oxygen atoms in total. The van der Waals surface area contributed by atoms with Crippen LogP contribution in [0.25, 0.3) is 0 Å². The number of nitrogens with zero attached hydrogens (tertiary/aromatic N) is 2. The summed E-state index contributed by atoms with van der Waals surface area (Å²) in [5.74, 6) is 0.667. The fourth-order valence-corrected chi connectivity index (χ4v) is 4.32. The molecule has 0 saturated carbocycles. The highest BCUT2D eigenvalue weighted by molar-refractivity contribution is 7.10. The zero-order valence-corrected chi connectivity index (χ0v) is 14.9. The lowest BCUT2D eigenvalue weighted by molar-refractivity contribution is -0.122. The minimum atomic E-state index is 0.154. The Morgan fingerprint density at radius 3 is 2.86 bits per heavy atom. The number of carbonyl (C=O) groups is 1. The molecule has 2 rings (SSSR count). The van der Waals surface area contributed by atoms with Crippen LogP contribution in [0.2, 0.25) is 0 Å². The molecule has 1 amide bonds. The fraction of sp³-hybridized carbons (Fsp3) is 0.706. The third-order valence-electron chi connectivity index (χ3n) is 4.66. The van der Waals surface area contributed by atoms with Gasteiger partial charge >= 0.3 is 0 Å². The Hall–Kier alpha value is -0.910. The molecule has 124 valence electrons. The molecule has 1 aliphatic rings. The van der Waals surface area contributed by atoms with Gasteiger partial charge < -0.3 is 5.32 Å². The number of hydrogen-bond acceptors (Lipinski definition) is 4. The van der Waals surface area contributed by atoms with E-state index in [2.05, 4.69) is 53.5 Å². The highest BCUT2D eigenvalue weighted by atomic mass is 32.1. The van der Waals surface area contributed by atoms with Crippen LogP contribution in [0.3, 0.4) is 0 Å². The first-order chi connectivity index (χ1) is 10.7. The molecular formula is C17H29N3OS. The monoisotopic (exact) mass is 323 g/mol. The molecule has 1 fully saturated rings. The summed E-state index contributed by atoms with van der Waals surface area (Å²) in [6.45, 7) is 8.49. The molecule has 0 unspecified atom stereocenters. The van der Waals surface area contributed by atoms with Crippen molar-refractivity contribution in [3.8, 4) is 0 Å². The van der Waals surface area contributed by atoms with E-state index in [-0.39, 0.29) is 5.91 Å². The zero-order chi connectivity index (χ0) is 15.9. The third kappa shape index (κ3) is 4.54. The van der Waals surface area contributed by atoms with Crippen molar-refractivity contribution >= 4 is 17.2 Å². The summed E-state index contributed by atoms with van der Waals surface area (Å²) >= 11 is 1.83. The Morgan fingerprint density at radius 1 is 1.45 bits per heavy atom. The Labute approximate surface area is 138 Å². The maximum atomic E-state index is 12.1. The smallest absolute Gasteiger partial charge is 0.234 e. The summed E-state index contributed by atoms with van der Waals surface area (Å²) in [6, 6.07) is 4.79. The number of nitrogens with one attached hydrogen (secondary N) is 1. The molecule has 1 N–H and O–H groups in total. The molecule has 5 heteroatoms. The van der Waals surface area contributed by atoms with E-state index < -0.39 is 0 Å². The van der Waals surface area contributed by atoms with Crippen LogP contribution in [0.5, 0.6) is 0 Å². The summed E-state index contributed by atoms with van der Waals surface area (Å²) in [6.07, 6.45) is 2.41. The summed E-state index contributed by atoms with van der Waals surface area (Å²) in [4.78, 5) is 18.1. The first-order valence-electron chi connectivity index (χ1n) is 8.38. The highest BCUT2D eigenvalue weighted by Crippen LogP contribution is 2.36. The number of carbonyl (C=O) groups excluding carboxylic acids is 1. The SMILES string of the molecule is CCN(CC)CC(=O)NC[C@@H]1CCCN(C)[C@H]1c1cccs1. The largest absolute Gasteiger partial charge is 0.355 e. The van der Waals surface area contributed by atoms with Gasteiger partial charge in [0.05, 0.1) is 6.54 Å². The van der Waals surface area contributed by atoms with Crippen molar-refractivity contribution in [1.29, 1.82) is 0 Å². The van der Waals surface area contributed by atoms with E-state index >= 15 is 0 Å². The van der Waals surface area contributed by atoms with Gasteiger partial charge in [-0.05, 0) is 56.9 Å². The number of likely N-dealkylation sites (tertiary alicyclic amines) is 1. The number of likely N-dealkylation sites (N-methyl/N-ethyl adjacent to an activating group) is 1. The summed E-state index contributed by atoms with van der Waals surface area (Å²) in [5.41, 5.74) is 0. The van der Waals surface area contributed by atoms with Gasteiger partial charge in [0, 0.05) is 17.5 Å². The minimum absolute atomic E-state index is 0.154. The van der Waals surface area contributed by atoms with E-state index in [1.165, 1.54) is 17.7 Å². The van der Waals surface area contributed by atoms with Crippen molar-refractivity contribution in [1.82, 2.24) is 15.1 Å². The second kappa shape index (κ2) is 8.65. The summed E-state index contributed by atoms with van der Waals surface area (Å²) in [7, 11) is 2.20. The van der Waals surface area contributed by atoms with Gasteiger partial charge in [0.1, 0.15) is 0 Å². The number of hydrogen-bond donors (Lipinski definition) is 1. The van der Waals surface area contributed by atoms with Crippen LogP contribution in [0.15, 0.2) is 17.5 Å². The van der Waals surface area contributed by atoms with E-state index in [9.17, 15) is 4.79 Å². The molecule has 2 heterocycles. The molecule has 0 aliphatic carbocycles. The van der Waals surface area contributed by atoms with Crippen LogP contribution in [-0.2, 0) is 4.79 Å². The molecule has 1 aromatic heterocycles. The number of rotatable bonds is 7. The van der Waals surface area contributed by atoms with E-state index in [1.807, 2.05) is 11.3 Å². The summed E-state index contributed by atoms with van der Waals surface area (Å²) in [5, 5.41) is 5.31. The summed E-state index contributed by atoms with van der Waals surface area (Å²) < 4.78 is 0. The van der Waals surface area contributed by atoms with Gasteiger partial charge in [-0.1, -0.05) is 19.9 Å². The van der Waals surface area contributed by atoms with E-state index in [0.29, 0.717) is 18.5 Å². The molecule has 22 heavy (non-hydrogen) atoms.